The van der Waals surface area contributed by atoms with Gasteiger partial charge in [-0.3, -0.25) is 0 Å². The van der Waals surface area contributed by atoms with Gasteiger partial charge in [0.1, 0.15) is 0 Å². The van der Waals surface area contributed by atoms with Crippen molar-refractivity contribution in [2.24, 2.45) is 17.8 Å². The Kier molecular flexibility index (Phi) is 8.29. The van der Waals surface area contributed by atoms with Crippen molar-refractivity contribution in [3.05, 3.63) is 185 Å². The Hall–Kier alpha value is -6.18. The quantitative estimate of drug-likeness (QED) is 0.171. The maximum atomic E-state index is 10.2. The topological polar surface area (TPSA) is 62.5 Å². The van der Waals surface area contributed by atoms with E-state index in [1.165, 1.54) is 65.5 Å². The van der Waals surface area contributed by atoms with Crippen molar-refractivity contribution in [1.29, 1.82) is 5.26 Å². The second kappa shape index (κ2) is 13.5. The third-order valence-corrected chi connectivity index (χ3v) is 13.0. The summed E-state index contributed by atoms with van der Waals surface area (Å²) in [6.07, 6.45) is 6.43. The first kappa shape index (κ1) is 34.3. The van der Waals surface area contributed by atoms with Crippen molar-refractivity contribution in [3.63, 3.8) is 0 Å². The molecule has 3 aliphatic carbocycles. The van der Waals surface area contributed by atoms with Crippen LogP contribution in [-0.2, 0) is 10.8 Å². The smallest absolute Gasteiger partial charge is 0.164 e. The molecule has 2 saturated carbocycles. The van der Waals surface area contributed by atoms with Gasteiger partial charge in [0.05, 0.1) is 17.0 Å². The summed E-state index contributed by atoms with van der Waals surface area (Å²) in [6, 6.07) is 56.2. The summed E-state index contributed by atoms with van der Waals surface area (Å²) >= 11 is 0. The molecule has 5 atom stereocenters. The largest absolute Gasteiger partial charge is 0.208 e. The van der Waals surface area contributed by atoms with E-state index in [1.54, 1.807) is 0 Å². The maximum absolute atomic E-state index is 10.2. The predicted octanol–water partition coefficient (Wildman–Crippen LogP) is 12.2. The van der Waals surface area contributed by atoms with Crippen LogP contribution in [0.5, 0.6) is 0 Å². The predicted molar refractivity (Wildman–Crippen MR) is 225 cm³/mol. The van der Waals surface area contributed by atoms with Gasteiger partial charge in [-0.15, -0.1) is 0 Å². The summed E-state index contributed by atoms with van der Waals surface area (Å²) in [5, 5.41) is 10.2. The van der Waals surface area contributed by atoms with Gasteiger partial charge in [-0.2, -0.15) is 5.26 Å². The molecule has 4 heteroatoms. The van der Waals surface area contributed by atoms with Crippen LogP contribution in [0.4, 0.5) is 0 Å². The molecule has 7 aromatic rings. The van der Waals surface area contributed by atoms with E-state index in [2.05, 4.69) is 123 Å². The molecule has 0 aliphatic heterocycles. The van der Waals surface area contributed by atoms with Crippen LogP contribution in [0.2, 0.25) is 0 Å². The second-order valence-corrected chi connectivity index (χ2v) is 16.8. The van der Waals surface area contributed by atoms with Crippen molar-refractivity contribution in [2.75, 3.05) is 0 Å². The average Bonchev–Trinajstić information content (AvgIpc) is 3.54. The van der Waals surface area contributed by atoms with Crippen LogP contribution in [-0.4, -0.2) is 15.0 Å². The Bertz CT molecular complexity index is 2550. The van der Waals surface area contributed by atoms with E-state index in [9.17, 15) is 5.26 Å². The fraction of sp³-hybridized carbons (Fsp3) is 0.231. The summed E-state index contributed by atoms with van der Waals surface area (Å²) in [5.74, 6) is 4.13. The third-order valence-electron chi connectivity index (χ3n) is 13.0. The fourth-order valence-corrected chi connectivity index (χ4v) is 11.1. The van der Waals surface area contributed by atoms with Crippen LogP contribution in [0.1, 0.15) is 79.3 Å². The Morgan fingerprint density at radius 2 is 1.09 bits per heavy atom. The van der Waals surface area contributed by atoms with Crippen LogP contribution in [0, 0.1) is 29.1 Å². The zero-order chi connectivity index (χ0) is 37.9. The van der Waals surface area contributed by atoms with Crippen LogP contribution >= 0.6 is 0 Å². The molecule has 6 aromatic carbocycles. The fourth-order valence-electron chi connectivity index (χ4n) is 11.1. The maximum Gasteiger partial charge on any atom is 0.164 e. The normalized spacial score (nSPS) is 23.5. The number of fused-ring (bicyclic) bond motifs is 5. The molecule has 0 amide bonds. The van der Waals surface area contributed by atoms with E-state index in [1.807, 2.05) is 48.5 Å². The van der Waals surface area contributed by atoms with Crippen LogP contribution < -0.4 is 0 Å². The standard InChI is InChI=1S/C52H44N4/c1-34-25-37-26-35(2)31-51(30-34,32-37)42-22-23-44-45-28-40(50-55-48(38-14-6-3-7-15-38)54-49(56-50)39-16-8-4-9-17-39)21-24-46(45)52(47(44)29-42,41-18-10-5-11-19-41)43-20-12-13-36(27-43)33-53/h3-24,27-29,34-35,37H,25-26,30-32H2,1-2H3/t34-,35+,37?,51?,52?. The number of rotatable bonds is 6. The molecule has 3 unspecified atom stereocenters. The van der Waals surface area contributed by atoms with E-state index in [-0.39, 0.29) is 5.41 Å². The summed E-state index contributed by atoms with van der Waals surface area (Å²) in [5.41, 5.74) is 11.7. The Morgan fingerprint density at radius 1 is 0.500 bits per heavy atom. The minimum absolute atomic E-state index is 0.165. The van der Waals surface area contributed by atoms with Gasteiger partial charge < -0.3 is 0 Å². The molecule has 2 fully saturated rings. The van der Waals surface area contributed by atoms with Gasteiger partial charge in [0.2, 0.25) is 0 Å². The molecule has 3 aliphatic rings. The molecule has 1 heterocycles. The molecule has 0 spiro atoms. The third kappa shape index (κ3) is 5.60. The minimum Gasteiger partial charge on any atom is -0.208 e. The molecular formula is C52H44N4. The van der Waals surface area contributed by atoms with Gasteiger partial charge in [0.25, 0.3) is 0 Å². The van der Waals surface area contributed by atoms with Gasteiger partial charge in [-0.05, 0) is 112 Å². The summed E-state index contributed by atoms with van der Waals surface area (Å²) in [7, 11) is 0. The van der Waals surface area contributed by atoms with Crippen molar-refractivity contribution >= 4 is 0 Å². The molecule has 56 heavy (non-hydrogen) atoms. The Labute approximate surface area is 330 Å². The van der Waals surface area contributed by atoms with Crippen molar-refractivity contribution in [1.82, 2.24) is 15.0 Å². The van der Waals surface area contributed by atoms with Crippen LogP contribution in [0.25, 0.3) is 45.3 Å². The number of nitriles is 1. The SMILES string of the molecule is C[C@@H]1CC2C[C@H](C)CC(c3ccc4c(c3)C(c3ccccc3)(c3cccc(C#N)c3)c3ccc(-c5nc(-c6ccccc6)nc(-c6ccccc6)n5)cc3-4)(C2)C1. The van der Waals surface area contributed by atoms with Gasteiger partial charge in [-0.25, -0.2) is 15.0 Å². The zero-order valence-corrected chi connectivity index (χ0v) is 32.0. The highest BCUT2D eigenvalue weighted by molar-refractivity contribution is 5.89. The second-order valence-electron chi connectivity index (χ2n) is 16.8. The summed E-state index contributed by atoms with van der Waals surface area (Å²) in [6.45, 7) is 4.94. The van der Waals surface area contributed by atoms with Gasteiger partial charge in [0.15, 0.2) is 17.5 Å². The number of aromatic nitrogens is 3. The lowest BCUT2D eigenvalue weighted by Gasteiger charge is -2.50. The number of benzene rings is 6. The molecule has 2 bridgehead atoms. The number of nitrogens with zero attached hydrogens (tertiary/aromatic N) is 4. The van der Waals surface area contributed by atoms with Gasteiger partial charge in [-0.1, -0.05) is 147 Å². The summed E-state index contributed by atoms with van der Waals surface area (Å²) < 4.78 is 0. The number of hydrogen-bond donors (Lipinski definition) is 0. The zero-order valence-electron chi connectivity index (χ0n) is 32.0. The van der Waals surface area contributed by atoms with E-state index in [0.29, 0.717) is 34.9 Å². The van der Waals surface area contributed by atoms with E-state index in [4.69, 9.17) is 15.0 Å². The summed E-state index contributed by atoms with van der Waals surface area (Å²) in [4.78, 5) is 15.2. The minimum atomic E-state index is -0.632. The van der Waals surface area contributed by atoms with E-state index >= 15 is 0 Å². The molecule has 4 nitrogen and oxygen atoms in total. The highest BCUT2D eigenvalue weighted by Crippen LogP contribution is 2.60. The van der Waals surface area contributed by atoms with Crippen molar-refractivity contribution < 1.29 is 0 Å². The lowest BCUT2D eigenvalue weighted by Crippen LogP contribution is -2.42. The van der Waals surface area contributed by atoms with Crippen LogP contribution in [0.15, 0.2) is 152 Å². The molecular weight excluding hydrogens is 681 g/mol. The Balaban J connectivity index is 1.23. The van der Waals surface area contributed by atoms with E-state index < -0.39 is 5.41 Å². The Morgan fingerprint density at radius 3 is 1.71 bits per heavy atom. The van der Waals surface area contributed by atoms with E-state index in [0.717, 1.165) is 28.2 Å². The van der Waals surface area contributed by atoms with Crippen molar-refractivity contribution in [2.45, 2.75) is 56.8 Å². The van der Waals surface area contributed by atoms with Crippen LogP contribution in [0.3, 0.4) is 0 Å². The highest BCUT2D eigenvalue weighted by atomic mass is 15.0. The first-order valence-corrected chi connectivity index (χ1v) is 20.2. The lowest BCUT2D eigenvalue weighted by molar-refractivity contribution is 0.0780. The molecule has 0 radical (unpaired) electrons. The molecule has 0 N–H and O–H groups in total. The monoisotopic (exact) mass is 724 g/mol. The molecule has 272 valence electrons. The molecule has 10 rings (SSSR count). The number of hydrogen-bond acceptors (Lipinski definition) is 4. The lowest BCUT2D eigenvalue weighted by atomic mass is 9.54. The molecule has 1 aromatic heterocycles. The highest BCUT2D eigenvalue weighted by Gasteiger charge is 2.49. The first-order chi connectivity index (χ1) is 27.4. The first-order valence-electron chi connectivity index (χ1n) is 20.2. The average molecular weight is 725 g/mol. The van der Waals surface area contributed by atoms with Crippen molar-refractivity contribution in [3.8, 4) is 51.4 Å². The molecule has 0 saturated heterocycles. The van der Waals surface area contributed by atoms with Gasteiger partial charge in [0, 0.05) is 16.7 Å². The van der Waals surface area contributed by atoms with Gasteiger partial charge >= 0.3 is 0 Å².